The summed E-state index contributed by atoms with van der Waals surface area (Å²) in [5.74, 6) is 0.331. The van der Waals surface area contributed by atoms with E-state index in [1.54, 1.807) is 19.2 Å². The third-order valence-electron chi connectivity index (χ3n) is 4.35. The highest BCUT2D eigenvalue weighted by Gasteiger charge is 2.24. The van der Waals surface area contributed by atoms with Crippen LogP contribution in [0.15, 0.2) is 42.5 Å². The number of ether oxygens (including phenoxy) is 1. The maximum Gasteiger partial charge on any atom is 0.248 e. The average Bonchev–Trinajstić information content (AvgIpc) is 2.99. The Kier molecular flexibility index (Phi) is 4.51. The van der Waals surface area contributed by atoms with Gasteiger partial charge in [-0.05, 0) is 53.8 Å². The molecule has 0 bridgehead atoms. The molecule has 2 aromatic carbocycles. The molecule has 1 aliphatic rings. The maximum atomic E-state index is 11.8. The van der Waals surface area contributed by atoms with Crippen molar-refractivity contribution in [3.8, 4) is 16.9 Å². The first-order valence-corrected chi connectivity index (χ1v) is 7.92. The lowest BCUT2D eigenvalue weighted by Crippen LogP contribution is -2.20. The molecule has 2 aromatic rings. The molecular formula is C19H20N2O3. The van der Waals surface area contributed by atoms with E-state index in [0.717, 1.165) is 28.9 Å². The molecule has 1 saturated heterocycles. The van der Waals surface area contributed by atoms with Gasteiger partial charge >= 0.3 is 0 Å². The van der Waals surface area contributed by atoms with Gasteiger partial charge in [-0.1, -0.05) is 18.2 Å². The van der Waals surface area contributed by atoms with Crippen LogP contribution in [-0.4, -0.2) is 25.5 Å². The molecule has 1 atom stereocenters. The van der Waals surface area contributed by atoms with E-state index in [-0.39, 0.29) is 11.8 Å². The SMILES string of the molecule is COc1ccc(-c2cc(C[C@@H]3CCNC3=O)cc(C(N)=O)c2)cc1. The van der Waals surface area contributed by atoms with Gasteiger partial charge in [0.25, 0.3) is 0 Å². The average molecular weight is 324 g/mol. The molecule has 124 valence electrons. The van der Waals surface area contributed by atoms with Crippen molar-refractivity contribution in [3.05, 3.63) is 53.6 Å². The van der Waals surface area contributed by atoms with E-state index in [0.29, 0.717) is 18.5 Å². The molecule has 5 nitrogen and oxygen atoms in total. The first-order chi connectivity index (χ1) is 11.6. The number of methoxy groups -OCH3 is 1. The Morgan fingerprint density at radius 1 is 1.21 bits per heavy atom. The molecule has 5 heteroatoms. The summed E-state index contributed by atoms with van der Waals surface area (Å²) in [5, 5.41) is 2.84. The van der Waals surface area contributed by atoms with Gasteiger partial charge in [0.15, 0.2) is 0 Å². The van der Waals surface area contributed by atoms with E-state index in [1.807, 2.05) is 30.3 Å². The van der Waals surface area contributed by atoms with Crippen LogP contribution in [0.3, 0.4) is 0 Å². The summed E-state index contributed by atoms with van der Waals surface area (Å²) < 4.78 is 5.17. The molecule has 0 aliphatic carbocycles. The number of rotatable bonds is 5. The highest BCUT2D eigenvalue weighted by Crippen LogP contribution is 2.27. The third-order valence-corrected chi connectivity index (χ3v) is 4.35. The van der Waals surface area contributed by atoms with Crippen LogP contribution in [0.25, 0.3) is 11.1 Å². The lowest BCUT2D eigenvalue weighted by molar-refractivity contribution is -0.122. The molecule has 1 fully saturated rings. The number of hydrogen-bond donors (Lipinski definition) is 2. The molecule has 0 aromatic heterocycles. The van der Waals surface area contributed by atoms with Gasteiger partial charge in [0, 0.05) is 18.0 Å². The van der Waals surface area contributed by atoms with E-state index >= 15 is 0 Å². The Labute approximate surface area is 140 Å². The summed E-state index contributed by atoms with van der Waals surface area (Å²) in [6, 6.07) is 13.2. The van der Waals surface area contributed by atoms with Crippen molar-refractivity contribution in [2.75, 3.05) is 13.7 Å². The van der Waals surface area contributed by atoms with Crippen molar-refractivity contribution in [1.82, 2.24) is 5.32 Å². The minimum atomic E-state index is -0.470. The van der Waals surface area contributed by atoms with Crippen LogP contribution >= 0.6 is 0 Å². The second-order valence-electron chi connectivity index (χ2n) is 5.99. The summed E-state index contributed by atoms with van der Waals surface area (Å²) in [7, 11) is 1.62. The highest BCUT2D eigenvalue weighted by atomic mass is 16.5. The monoisotopic (exact) mass is 324 g/mol. The van der Waals surface area contributed by atoms with Gasteiger partial charge in [-0.15, -0.1) is 0 Å². The molecular weight excluding hydrogens is 304 g/mol. The van der Waals surface area contributed by atoms with Gasteiger partial charge < -0.3 is 15.8 Å². The number of nitrogens with two attached hydrogens (primary N) is 1. The first kappa shape index (κ1) is 16.1. The molecule has 0 spiro atoms. The van der Waals surface area contributed by atoms with Crippen LogP contribution < -0.4 is 15.8 Å². The van der Waals surface area contributed by atoms with E-state index in [1.165, 1.54) is 0 Å². The number of benzene rings is 2. The summed E-state index contributed by atoms with van der Waals surface area (Å²) >= 11 is 0. The minimum absolute atomic E-state index is 0.0446. The standard InChI is InChI=1S/C19H20N2O3/c1-24-17-4-2-13(3-5-17)15-9-12(10-16(11-15)18(20)22)8-14-6-7-21-19(14)23/h2-5,9-11,14H,6-8H2,1H3,(H2,20,22)(H,21,23)/t14-/m0/s1. The fraction of sp³-hybridized carbons (Fsp3) is 0.263. The predicted molar refractivity (Wildman–Crippen MR) is 91.8 cm³/mol. The van der Waals surface area contributed by atoms with Crippen molar-refractivity contribution in [2.45, 2.75) is 12.8 Å². The van der Waals surface area contributed by atoms with Crippen molar-refractivity contribution < 1.29 is 14.3 Å². The van der Waals surface area contributed by atoms with Crippen LogP contribution in [0.5, 0.6) is 5.75 Å². The van der Waals surface area contributed by atoms with E-state index in [9.17, 15) is 9.59 Å². The zero-order chi connectivity index (χ0) is 17.1. The molecule has 0 unspecified atom stereocenters. The summed E-state index contributed by atoms with van der Waals surface area (Å²) in [6.45, 7) is 0.713. The van der Waals surface area contributed by atoms with Crippen LogP contribution in [-0.2, 0) is 11.2 Å². The lowest BCUT2D eigenvalue weighted by Gasteiger charge is -2.11. The zero-order valence-electron chi connectivity index (χ0n) is 13.5. The number of carbonyl (C=O) groups is 2. The van der Waals surface area contributed by atoms with Crippen LogP contribution in [0, 0.1) is 5.92 Å². The maximum absolute atomic E-state index is 11.8. The number of amides is 2. The second-order valence-corrected chi connectivity index (χ2v) is 5.99. The van der Waals surface area contributed by atoms with Crippen molar-refractivity contribution >= 4 is 11.8 Å². The van der Waals surface area contributed by atoms with Crippen LogP contribution in [0.4, 0.5) is 0 Å². The predicted octanol–water partition coefficient (Wildman–Crippen LogP) is 2.14. The van der Waals surface area contributed by atoms with Crippen molar-refractivity contribution in [2.24, 2.45) is 11.7 Å². The van der Waals surface area contributed by atoms with Crippen molar-refractivity contribution in [1.29, 1.82) is 0 Å². The Balaban J connectivity index is 1.95. The lowest BCUT2D eigenvalue weighted by atomic mass is 9.93. The van der Waals surface area contributed by atoms with Crippen molar-refractivity contribution in [3.63, 3.8) is 0 Å². The van der Waals surface area contributed by atoms with E-state index in [2.05, 4.69) is 5.32 Å². The number of nitrogens with one attached hydrogen (secondary N) is 1. The zero-order valence-corrected chi connectivity index (χ0v) is 13.5. The molecule has 24 heavy (non-hydrogen) atoms. The Morgan fingerprint density at radius 2 is 1.96 bits per heavy atom. The van der Waals surface area contributed by atoms with Gasteiger partial charge in [0.1, 0.15) is 5.75 Å². The Hall–Kier alpha value is -2.82. The largest absolute Gasteiger partial charge is 0.497 e. The first-order valence-electron chi connectivity index (χ1n) is 7.92. The van der Waals surface area contributed by atoms with Crippen LogP contribution in [0.1, 0.15) is 22.3 Å². The Bertz CT molecular complexity index is 769. The molecule has 1 heterocycles. The molecule has 1 aliphatic heterocycles. The summed E-state index contributed by atoms with van der Waals surface area (Å²) in [6.07, 6.45) is 1.42. The van der Waals surface area contributed by atoms with E-state index < -0.39 is 5.91 Å². The normalized spacial score (nSPS) is 16.7. The number of carbonyl (C=O) groups excluding carboxylic acids is 2. The van der Waals surface area contributed by atoms with Crippen LogP contribution in [0.2, 0.25) is 0 Å². The van der Waals surface area contributed by atoms with Gasteiger partial charge in [-0.3, -0.25) is 9.59 Å². The Morgan fingerprint density at radius 3 is 2.54 bits per heavy atom. The molecule has 0 saturated carbocycles. The molecule has 2 amide bonds. The quantitative estimate of drug-likeness (QED) is 0.884. The number of hydrogen-bond acceptors (Lipinski definition) is 3. The number of primary amides is 1. The molecule has 0 radical (unpaired) electrons. The smallest absolute Gasteiger partial charge is 0.248 e. The summed E-state index contributed by atoms with van der Waals surface area (Å²) in [5.41, 5.74) is 8.74. The third kappa shape index (κ3) is 3.40. The highest BCUT2D eigenvalue weighted by molar-refractivity contribution is 5.94. The molecule has 3 N–H and O–H groups in total. The van der Waals surface area contributed by atoms with Gasteiger partial charge in [0.05, 0.1) is 7.11 Å². The summed E-state index contributed by atoms with van der Waals surface area (Å²) in [4.78, 5) is 23.5. The second kappa shape index (κ2) is 6.74. The van der Waals surface area contributed by atoms with Gasteiger partial charge in [-0.2, -0.15) is 0 Å². The molecule has 3 rings (SSSR count). The fourth-order valence-electron chi connectivity index (χ4n) is 3.03. The van der Waals surface area contributed by atoms with Gasteiger partial charge in [-0.25, -0.2) is 0 Å². The minimum Gasteiger partial charge on any atom is -0.497 e. The van der Waals surface area contributed by atoms with E-state index in [4.69, 9.17) is 10.5 Å². The van der Waals surface area contributed by atoms with Gasteiger partial charge in [0.2, 0.25) is 11.8 Å². The fourth-order valence-corrected chi connectivity index (χ4v) is 3.03. The topological polar surface area (TPSA) is 81.4 Å².